The first-order chi connectivity index (χ1) is 9.61. The Kier molecular flexibility index (Phi) is 5.04. The molecule has 20 heavy (non-hydrogen) atoms. The molecule has 0 bridgehead atoms. The molecule has 0 aliphatic carbocycles. The molecule has 0 amide bonds. The molecule has 0 aliphatic rings. The molecule has 2 rings (SSSR count). The largest absolute Gasteiger partial charge is 0.310 e. The third-order valence-corrected chi connectivity index (χ3v) is 3.43. The highest BCUT2D eigenvalue weighted by atomic mass is 35.5. The average molecular weight is 297 g/mol. The van der Waals surface area contributed by atoms with Gasteiger partial charge in [0.1, 0.15) is 11.6 Å². The molecule has 0 saturated heterocycles. The fourth-order valence-corrected chi connectivity index (χ4v) is 2.32. The van der Waals surface area contributed by atoms with E-state index in [2.05, 4.69) is 10.3 Å². The molecular formula is C15H15ClF2N2. The highest BCUT2D eigenvalue weighted by Gasteiger charge is 2.17. The van der Waals surface area contributed by atoms with Gasteiger partial charge in [-0.1, -0.05) is 18.5 Å². The Labute approximate surface area is 121 Å². The second-order valence-electron chi connectivity index (χ2n) is 4.45. The third-order valence-electron chi connectivity index (χ3n) is 3.06. The van der Waals surface area contributed by atoms with Gasteiger partial charge in [-0.25, -0.2) is 8.78 Å². The van der Waals surface area contributed by atoms with E-state index in [9.17, 15) is 8.78 Å². The van der Waals surface area contributed by atoms with E-state index in [0.29, 0.717) is 29.1 Å². The smallest absolute Gasteiger partial charge is 0.146 e. The number of aromatic nitrogens is 1. The molecule has 5 heteroatoms. The normalized spacial score (nSPS) is 12.4. The van der Waals surface area contributed by atoms with Gasteiger partial charge >= 0.3 is 0 Å². The second-order valence-corrected chi connectivity index (χ2v) is 4.85. The maximum atomic E-state index is 13.8. The molecule has 1 atom stereocenters. The molecule has 1 heterocycles. The lowest BCUT2D eigenvalue weighted by Gasteiger charge is -2.19. The molecule has 1 aromatic heterocycles. The predicted molar refractivity (Wildman–Crippen MR) is 75.7 cm³/mol. The minimum absolute atomic E-state index is 0.276. The summed E-state index contributed by atoms with van der Waals surface area (Å²) in [5, 5.41) is 3.66. The zero-order valence-corrected chi connectivity index (χ0v) is 11.8. The van der Waals surface area contributed by atoms with E-state index >= 15 is 0 Å². The van der Waals surface area contributed by atoms with Crippen molar-refractivity contribution in [3.8, 4) is 0 Å². The van der Waals surface area contributed by atoms with Crippen LogP contribution in [0.2, 0.25) is 5.02 Å². The van der Waals surface area contributed by atoms with Crippen molar-refractivity contribution in [1.29, 1.82) is 0 Å². The highest BCUT2D eigenvalue weighted by molar-refractivity contribution is 6.31. The Bertz CT molecular complexity index is 590. The number of hydrogen-bond acceptors (Lipinski definition) is 2. The maximum Gasteiger partial charge on any atom is 0.146 e. The van der Waals surface area contributed by atoms with Crippen molar-refractivity contribution in [2.24, 2.45) is 0 Å². The van der Waals surface area contributed by atoms with Crippen molar-refractivity contribution in [1.82, 2.24) is 10.3 Å². The molecule has 0 spiro atoms. The van der Waals surface area contributed by atoms with Gasteiger partial charge in [-0.2, -0.15) is 0 Å². The fraction of sp³-hybridized carbons (Fsp3) is 0.267. The number of halogens is 3. The van der Waals surface area contributed by atoms with Crippen LogP contribution in [-0.4, -0.2) is 11.5 Å². The van der Waals surface area contributed by atoms with Crippen LogP contribution in [0, 0.1) is 11.6 Å². The summed E-state index contributed by atoms with van der Waals surface area (Å²) >= 11 is 6.07. The van der Waals surface area contributed by atoms with Crippen LogP contribution < -0.4 is 5.32 Å². The minimum Gasteiger partial charge on any atom is -0.310 e. The standard InChI is InChI=1S/C15H15ClF2N2/c1-2-20-15(12-5-6-19-9-14(12)18)8-10-7-11(17)3-4-13(10)16/h3-7,9,15,20H,2,8H2,1H3. The van der Waals surface area contributed by atoms with Crippen LogP contribution >= 0.6 is 11.6 Å². The van der Waals surface area contributed by atoms with Crippen molar-refractivity contribution in [3.63, 3.8) is 0 Å². The van der Waals surface area contributed by atoms with Crippen molar-refractivity contribution in [3.05, 3.63) is 64.4 Å². The molecule has 1 unspecified atom stereocenters. The van der Waals surface area contributed by atoms with Gasteiger partial charge in [-0.15, -0.1) is 0 Å². The molecule has 2 aromatic rings. The number of nitrogens with one attached hydrogen (secondary N) is 1. The molecule has 2 nitrogen and oxygen atoms in total. The van der Waals surface area contributed by atoms with E-state index in [1.807, 2.05) is 6.92 Å². The van der Waals surface area contributed by atoms with Gasteiger partial charge in [0.25, 0.3) is 0 Å². The van der Waals surface area contributed by atoms with Gasteiger partial charge in [0.2, 0.25) is 0 Å². The number of pyridine rings is 1. The van der Waals surface area contributed by atoms with Crippen LogP contribution in [0.4, 0.5) is 8.78 Å². The highest BCUT2D eigenvalue weighted by Crippen LogP contribution is 2.25. The number of nitrogens with zero attached hydrogens (tertiary/aromatic N) is 1. The van der Waals surface area contributed by atoms with E-state index in [-0.39, 0.29) is 17.7 Å². The summed E-state index contributed by atoms with van der Waals surface area (Å²) in [6, 6.07) is 5.54. The molecule has 1 aromatic carbocycles. The third kappa shape index (κ3) is 3.52. The number of hydrogen-bond donors (Lipinski definition) is 1. The van der Waals surface area contributed by atoms with Crippen LogP contribution in [-0.2, 0) is 6.42 Å². The monoisotopic (exact) mass is 296 g/mol. The van der Waals surface area contributed by atoms with Crippen molar-refractivity contribution in [2.75, 3.05) is 6.54 Å². The zero-order valence-electron chi connectivity index (χ0n) is 11.0. The Morgan fingerprint density at radius 3 is 2.80 bits per heavy atom. The summed E-state index contributed by atoms with van der Waals surface area (Å²) in [4.78, 5) is 3.74. The Morgan fingerprint density at radius 1 is 1.30 bits per heavy atom. The molecular weight excluding hydrogens is 282 g/mol. The van der Waals surface area contributed by atoms with E-state index in [4.69, 9.17) is 11.6 Å². The van der Waals surface area contributed by atoms with Gasteiger partial charge < -0.3 is 5.32 Å². The summed E-state index contributed by atoms with van der Waals surface area (Å²) in [5.41, 5.74) is 1.15. The summed E-state index contributed by atoms with van der Waals surface area (Å²) in [6.45, 7) is 2.60. The summed E-state index contributed by atoms with van der Waals surface area (Å²) < 4.78 is 27.1. The zero-order chi connectivity index (χ0) is 14.5. The number of rotatable bonds is 5. The Morgan fingerprint density at radius 2 is 2.10 bits per heavy atom. The van der Waals surface area contributed by atoms with Crippen molar-refractivity contribution < 1.29 is 8.78 Å². The van der Waals surface area contributed by atoms with Gasteiger partial charge in [0.05, 0.1) is 6.20 Å². The molecule has 1 N–H and O–H groups in total. The Balaban J connectivity index is 2.30. The Hall–Kier alpha value is -1.52. The number of benzene rings is 1. The van der Waals surface area contributed by atoms with Gasteiger partial charge in [-0.3, -0.25) is 4.98 Å². The van der Waals surface area contributed by atoms with E-state index < -0.39 is 0 Å². The van der Waals surface area contributed by atoms with Gasteiger partial charge in [-0.05, 0) is 42.8 Å². The summed E-state index contributed by atoms with van der Waals surface area (Å²) in [5.74, 6) is -0.735. The van der Waals surface area contributed by atoms with Crippen LogP contribution in [0.15, 0.2) is 36.7 Å². The minimum atomic E-state index is -0.383. The summed E-state index contributed by atoms with van der Waals surface area (Å²) in [7, 11) is 0. The molecule has 106 valence electrons. The lowest BCUT2D eigenvalue weighted by molar-refractivity contribution is 0.506. The first-order valence-electron chi connectivity index (χ1n) is 6.38. The maximum absolute atomic E-state index is 13.8. The average Bonchev–Trinajstić information content (AvgIpc) is 2.43. The van der Waals surface area contributed by atoms with E-state index in [1.165, 1.54) is 30.6 Å². The second kappa shape index (κ2) is 6.77. The first-order valence-corrected chi connectivity index (χ1v) is 6.76. The lowest BCUT2D eigenvalue weighted by Crippen LogP contribution is -2.24. The fourth-order valence-electron chi connectivity index (χ4n) is 2.13. The van der Waals surface area contributed by atoms with Crippen LogP contribution in [0.1, 0.15) is 24.1 Å². The quantitative estimate of drug-likeness (QED) is 0.905. The molecule has 0 aliphatic heterocycles. The SMILES string of the molecule is CCNC(Cc1cc(F)ccc1Cl)c1ccncc1F. The topological polar surface area (TPSA) is 24.9 Å². The molecule has 0 saturated carbocycles. The number of likely N-dealkylation sites (N-methyl/N-ethyl adjacent to an activating group) is 1. The summed E-state index contributed by atoms with van der Waals surface area (Å²) in [6.07, 6.45) is 3.12. The molecule has 0 fully saturated rings. The van der Waals surface area contributed by atoms with E-state index in [0.717, 1.165) is 0 Å². The van der Waals surface area contributed by atoms with E-state index in [1.54, 1.807) is 6.07 Å². The van der Waals surface area contributed by atoms with Crippen LogP contribution in [0.3, 0.4) is 0 Å². The van der Waals surface area contributed by atoms with Crippen LogP contribution in [0.25, 0.3) is 0 Å². The van der Waals surface area contributed by atoms with Crippen molar-refractivity contribution >= 4 is 11.6 Å². The predicted octanol–water partition coefficient (Wildman–Crippen LogP) is 3.91. The van der Waals surface area contributed by atoms with Gasteiger partial charge in [0.15, 0.2) is 0 Å². The molecule has 0 radical (unpaired) electrons. The first kappa shape index (κ1) is 14.9. The van der Waals surface area contributed by atoms with Crippen LogP contribution in [0.5, 0.6) is 0 Å². The van der Waals surface area contributed by atoms with Crippen molar-refractivity contribution in [2.45, 2.75) is 19.4 Å². The lowest BCUT2D eigenvalue weighted by atomic mass is 9.99. The van der Waals surface area contributed by atoms with Gasteiger partial charge in [0, 0.05) is 22.8 Å².